The number of nitrogens with zero attached hydrogens (tertiary/aromatic N) is 10. The first kappa shape index (κ1) is 72.4. The van der Waals surface area contributed by atoms with E-state index in [1.807, 2.05) is 126 Å². The van der Waals surface area contributed by atoms with E-state index in [0.29, 0.717) is 69.2 Å². The van der Waals surface area contributed by atoms with Crippen molar-refractivity contribution in [3.8, 4) is 21.6 Å². The highest BCUT2D eigenvalue weighted by Crippen LogP contribution is 2.72. The summed E-state index contributed by atoms with van der Waals surface area (Å²) in [5.74, 6) is -0.570. The first-order valence-electron chi connectivity index (χ1n) is 35.0. The average Bonchev–Trinajstić information content (AvgIpc) is 0.805. The summed E-state index contributed by atoms with van der Waals surface area (Å²) in [4.78, 5) is 74.8. The number of ether oxygens (including phenoxy) is 5. The number of fused-ring (bicyclic) bond motifs is 2. The minimum absolute atomic E-state index is 0.0266. The predicted molar refractivity (Wildman–Crippen MR) is 384 cm³/mol. The molecule has 24 nitrogen and oxygen atoms in total. The Hall–Kier alpha value is -7.40. The summed E-state index contributed by atoms with van der Waals surface area (Å²) in [6.07, 6.45) is 9.04. The smallest absolute Gasteiger partial charge is 0.355 e. The number of aliphatic hydroxyl groups is 1. The molecule has 4 saturated carbocycles. The van der Waals surface area contributed by atoms with Gasteiger partial charge >= 0.3 is 5.97 Å². The molecule has 7 heterocycles. The Morgan fingerprint density at radius 2 is 1.51 bits per heavy atom. The first-order valence-corrected chi connectivity index (χ1v) is 36.7. The number of aryl methyl sites for hydroxylation is 1. The number of aromatic nitrogens is 7. The standard InChI is InChI=1S/C74H97N13O11S2/c1-46-53-14-13-23-85(65(53)83-82-64(46)81-69-78-56-15-11-12-16-58(56)100-69)59-22-21-54(61(79-59)68(92)93)55-35-76-87(49(55)4)44-73-39-71(8)38-72(9,40-73)42-74(41-71,43-73)98-27-25-84(10)24-26-94-28-29-95-30-31-96-32-33-97-37-60(89)80-63(70(5,6)7)67(91)86-36-52(88)34-57(86)66(90)77-47(2)50-17-19-51(20-18-50)62-48(3)75-45-99-62/h11-12,15-22,35,45,47,52,57,63,88H,13-14,23-34,36-44H2,1-10H3,(H,77,90)(H,80,89)(H,92,93)(H,78,81,82)/t47-,52+,57-,63+,71?,72?,73?,74?/m0/s1. The van der Waals surface area contributed by atoms with Crippen molar-refractivity contribution in [1.82, 2.24) is 55.4 Å². The molecule has 5 N–H and O–H groups in total. The molecule has 26 heteroatoms. The second-order valence-corrected chi connectivity index (χ2v) is 32.2. The number of aliphatic hydroxyl groups excluding tert-OH is 1. The van der Waals surface area contributed by atoms with E-state index < -0.39 is 41.4 Å². The third-order valence-corrected chi connectivity index (χ3v) is 22.6. The summed E-state index contributed by atoms with van der Waals surface area (Å²) in [6.45, 7) is 24.0. The number of nitrogens with one attached hydrogen (secondary N) is 3. The molecular formula is C74H97N13O11S2. The van der Waals surface area contributed by atoms with Gasteiger partial charge in [-0.25, -0.2) is 19.7 Å². The van der Waals surface area contributed by atoms with E-state index in [-0.39, 0.29) is 72.3 Å². The van der Waals surface area contributed by atoms with Crippen LogP contribution in [0, 0.1) is 42.4 Å². The number of rotatable bonds is 31. The Morgan fingerprint density at radius 3 is 2.20 bits per heavy atom. The average molecular weight is 1410 g/mol. The summed E-state index contributed by atoms with van der Waals surface area (Å²) in [5.41, 5.74) is 9.11. The van der Waals surface area contributed by atoms with Crippen LogP contribution in [0.5, 0.6) is 0 Å². The van der Waals surface area contributed by atoms with Gasteiger partial charge in [0, 0.05) is 67.1 Å². The molecule has 1 saturated heterocycles. The number of carboxylic acids is 1. The molecule has 2 aromatic carbocycles. The van der Waals surface area contributed by atoms with Crippen LogP contribution < -0.4 is 20.9 Å². The number of para-hydroxylation sites is 1. The number of benzene rings is 2. The maximum Gasteiger partial charge on any atom is 0.355 e. The van der Waals surface area contributed by atoms with Crippen LogP contribution >= 0.6 is 22.7 Å². The van der Waals surface area contributed by atoms with E-state index in [0.717, 1.165) is 124 Å². The number of hydrogen-bond donors (Lipinski definition) is 5. The van der Waals surface area contributed by atoms with Crippen LogP contribution in [0.1, 0.15) is 138 Å². The molecule has 4 aliphatic carbocycles. The zero-order valence-corrected chi connectivity index (χ0v) is 61.0. The Balaban J connectivity index is 0.541. The number of pyridine rings is 1. The van der Waals surface area contributed by atoms with E-state index in [9.17, 15) is 29.4 Å². The van der Waals surface area contributed by atoms with Crippen molar-refractivity contribution >= 4 is 79.2 Å². The molecule has 5 fully saturated rings. The quantitative estimate of drug-likeness (QED) is 0.0253. The van der Waals surface area contributed by atoms with Gasteiger partial charge < -0.3 is 64.5 Å². The number of aromatic carboxylic acids is 1. The van der Waals surface area contributed by atoms with Crippen LogP contribution in [-0.4, -0.2) is 195 Å². The van der Waals surface area contributed by atoms with Gasteiger partial charge in [0.1, 0.15) is 24.5 Å². The van der Waals surface area contributed by atoms with Crippen molar-refractivity contribution in [2.24, 2.45) is 21.7 Å². The van der Waals surface area contributed by atoms with Crippen LogP contribution in [0.4, 0.5) is 22.6 Å². The highest BCUT2D eigenvalue weighted by molar-refractivity contribution is 7.22. The van der Waals surface area contributed by atoms with Gasteiger partial charge in [-0.15, -0.1) is 21.5 Å². The van der Waals surface area contributed by atoms with E-state index in [4.69, 9.17) is 43.8 Å². The maximum absolute atomic E-state index is 14.1. The van der Waals surface area contributed by atoms with Crippen molar-refractivity contribution in [2.45, 2.75) is 156 Å². The minimum atomic E-state index is -1.11. The SMILES string of the molecule is Cc1ncsc1-c1ccc([C@H](C)NC(=O)[C@@H]2C[C@@H](O)CN2C(=O)[C@@H](NC(=O)COCCOCCOCCOCCN(C)CCOC23CC4(C)CC(C)(CC(Cn5ncc(-c6ccc(N7CCCc8c7nnc(Nc7nc9ccccc9s7)c8C)nc6C(=O)O)c5C)(C4)C2)C3)C(C)(C)C)cc1. The minimum Gasteiger partial charge on any atom is -0.476 e. The van der Waals surface area contributed by atoms with E-state index in [1.54, 1.807) is 22.7 Å². The van der Waals surface area contributed by atoms with Gasteiger partial charge in [0.25, 0.3) is 0 Å². The summed E-state index contributed by atoms with van der Waals surface area (Å²) in [7, 11) is 2.10. The van der Waals surface area contributed by atoms with Gasteiger partial charge in [0.2, 0.25) is 17.7 Å². The lowest BCUT2D eigenvalue weighted by Crippen LogP contribution is -2.64. The van der Waals surface area contributed by atoms with E-state index in [2.05, 4.69) is 56.5 Å². The molecule has 4 bridgehead atoms. The fraction of sp³-hybridized carbons (Fsp3) is 0.568. The number of anilines is 4. The first-order chi connectivity index (χ1) is 47.8. The van der Waals surface area contributed by atoms with Gasteiger partial charge in [0.05, 0.1) is 103 Å². The van der Waals surface area contributed by atoms with E-state index >= 15 is 0 Å². The van der Waals surface area contributed by atoms with Crippen LogP contribution in [0.15, 0.2) is 72.4 Å². The van der Waals surface area contributed by atoms with Crippen molar-refractivity contribution in [3.63, 3.8) is 0 Å². The van der Waals surface area contributed by atoms with Gasteiger partial charge in [-0.1, -0.05) is 82.4 Å². The van der Waals surface area contributed by atoms with Crippen LogP contribution in [-0.2, 0) is 51.0 Å². The molecule has 7 aromatic rings. The van der Waals surface area contributed by atoms with Crippen LogP contribution in [0.3, 0.4) is 0 Å². The van der Waals surface area contributed by atoms with E-state index in [1.165, 1.54) is 11.3 Å². The normalized spacial score (nSPS) is 23.1. The Morgan fingerprint density at radius 1 is 0.810 bits per heavy atom. The zero-order valence-electron chi connectivity index (χ0n) is 59.4. The predicted octanol–water partition coefficient (Wildman–Crippen LogP) is 10.4. The second kappa shape index (κ2) is 30.3. The second-order valence-electron chi connectivity index (χ2n) is 30.3. The fourth-order valence-corrected chi connectivity index (χ4v) is 18.7. The zero-order chi connectivity index (χ0) is 70.7. The molecule has 2 unspecified atom stereocenters. The largest absolute Gasteiger partial charge is 0.476 e. The monoisotopic (exact) mass is 1410 g/mol. The Labute approximate surface area is 593 Å². The number of carbonyl (C=O) groups excluding carboxylic acids is 3. The number of likely N-dealkylation sites (N-methyl/N-ethyl adjacent to an activating group) is 1. The topological polar surface area (TPSA) is 283 Å². The number of amides is 3. The van der Waals surface area contributed by atoms with Crippen LogP contribution in [0.25, 0.3) is 31.8 Å². The molecule has 100 heavy (non-hydrogen) atoms. The molecule has 3 amide bonds. The molecule has 2 aliphatic heterocycles. The van der Waals surface area contributed by atoms with Crippen molar-refractivity contribution in [2.75, 3.05) is 103 Å². The lowest BCUT2D eigenvalue weighted by molar-refractivity contribution is -0.248. The maximum atomic E-state index is 14.1. The van der Waals surface area contributed by atoms with Gasteiger partial charge in [0.15, 0.2) is 22.5 Å². The lowest BCUT2D eigenvalue weighted by Gasteiger charge is -2.69. The van der Waals surface area contributed by atoms with Crippen molar-refractivity contribution < 1.29 is 53.1 Å². The molecule has 0 radical (unpaired) electrons. The number of likely N-dealkylation sites (tertiary alicyclic amines) is 1. The third-order valence-electron chi connectivity index (χ3n) is 20.7. The number of β-amino-alcohol motifs (C(OH)–C–C–N with tert-alkyl or cyclic N) is 1. The molecule has 0 spiro atoms. The fourth-order valence-electron chi connectivity index (χ4n) is 17.1. The Kier molecular flexibility index (Phi) is 21.9. The number of carbonyl (C=O) groups is 4. The summed E-state index contributed by atoms with van der Waals surface area (Å²) in [5, 5.41) is 45.7. The molecule has 536 valence electrons. The molecular weight excluding hydrogens is 1310 g/mol. The number of hydrogen-bond acceptors (Lipinski definition) is 21. The summed E-state index contributed by atoms with van der Waals surface area (Å²) in [6, 6.07) is 17.5. The molecule has 13 rings (SSSR count). The number of thiazole rings is 2. The third kappa shape index (κ3) is 16.4. The summed E-state index contributed by atoms with van der Waals surface area (Å²) >= 11 is 3.14. The van der Waals surface area contributed by atoms with Gasteiger partial charge in [-0.2, -0.15) is 5.10 Å². The van der Waals surface area contributed by atoms with Crippen LogP contribution in [0.2, 0.25) is 0 Å². The Bertz CT molecular complexity index is 4030. The molecule has 5 aromatic heterocycles. The van der Waals surface area contributed by atoms with Gasteiger partial charge in [-0.05, 0) is 143 Å². The van der Waals surface area contributed by atoms with Crippen molar-refractivity contribution in [3.05, 3.63) is 106 Å². The van der Waals surface area contributed by atoms with Crippen molar-refractivity contribution in [1.29, 1.82) is 0 Å². The molecule has 6 atom stereocenters. The highest BCUT2D eigenvalue weighted by atomic mass is 32.1. The molecule has 6 aliphatic rings. The summed E-state index contributed by atoms with van der Waals surface area (Å²) < 4.78 is 33.3. The highest BCUT2D eigenvalue weighted by Gasteiger charge is 2.66. The van der Waals surface area contributed by atoms with Gasteiger partial charge in [-0.3, -0.25) is 19.1 Å². The lowest BCUT2D eigenvalue weighted by atomic mass is 9.39. The number of carboxylic acid groups (broad SMARTS) is 1.